The van der Waals surface area contributed by atoms with Crippen LogP contribution in [0.1, 0.15) is 5.56 Å². The van der Waals surface area contributed by atoms with Crippen LogP contribution in [0.15, 0.2) is 48.5 Å². The Morgan fingerprint density at radius 1 is 0.926 bits per heavy atom. The molecule has 0 aromatic heterocycles. The molecule has 2 rings (SSSR count). The highest BCUT2D eigenvalue weighted by Gasteiger charge is 2.08. The number of hydrogen-bond acceptors (Lipinski definition) is 6. The minimum absolute atomic E-state index is 0.416. The normalized spacial score (nSPS) is 10.3. The number of carbonyl (C=O) groups excluding carboxylic acids is 2. The van der Waals surface area contributed by atoms with Gasteiger partial charge in [0.15, 0.2) is 6.61 Å². The van der Waals surface area contributed by atoms with Crippen molar-refractivity contribution in [3.05, 3.63) is 54.1 Å². The first-order valence-corrected chi connectivity index (χ1v) is 8.06. The number of methoxy groups -OCH3 is 3. The summed E-state index contributed by atoms with van der Waals surface area (Å²) in [7, 11) is 4.58. The van der Waals surface area contributed by atoms with E-state index < -0.39 is 18.5 Å². The molecule has 0 heterocycles. The van der Waals surface area contributed by atoms with Crippen molar-refractivity contribution in [2.45, 2.75) is 0 Å². The van der Waals surface area contributed by atoms with E-state index in [1.165, 1.54) is 20.3 Å². The zero-order valence-corrected chi connectivity index (χ0v) is 15.4. The van der Waals surface area contributed by atoms with Crippen molar-refractivity contribution in [3.63, 3.8) is 0 Å². The fourth-order valence-electron chi connectivity index (χ4n) is 2.17. The van der Waals surface area contributed by atoms with Crippen molar-refractivity contribution in [2.75, 3.05) is 33.3 Å². The van der Waals surface area contributed by atoms with Crippen molar-refractivity contribution in [1.29, 1.82) is 0 Å². The molecule has 1 N–H and O–H groups in total. The van der Waals surface area contributed by atoms with Gasteiger partial charge in [-0.25, -0.2) is 4.79 Å². The number of carbonyl (C=O) groups is 2. The van der Waals surface area contributed by atoms with Crippen LogP contribution in [-0.2, 0) is 14.3 Å². The third kappa shape index (κ3) is 6.39. The van der Waals surface area contributed by atoms with Gasteiger partial charge in [0.25, 0.3) is 5.91 Å². The molecule has 0 atom stereocenters. The Hall–Kier alpha value is -3.48. The lowest BCUT2D eigenvalue weighted by Gasteiger charge is -2.09. The van der Waals surface area contributed by atoms with Crippen molar-refractivity contribution < 1.29 is 28.5 Å². The number of anilines is 1. The minimum Gasteiger partial charge on any atom is -0.497 e. The number of nitrogens with one attached hydrogen (secondary N) is 1. The smallest absolute Gasteiger partial charge is 0.331 e. The topological polar surface area (TPSA) is 83.1 Å². The van der Waals surface area contributed by atoms with E-state index in [1.807, 2.05) is 6.07 Å². The van der Waals surface area contributed by atoms with Gasteiger partial charge < -0.3 is 24.3 Å². The molecule has 0 spiro atoms. The summed E-state index contributed by atoms with van der Waals surface area (Å²) >= 11 is 0. The Bertz CT molecular complexity index is 809. The molecular formula is C20H21NO6. The molecule has 7 heteroatoms. The van der Waals surface area contributed by atoms with Crippen LogP contribution in [0, 0.1) is 0 Å². The Kier molecular flexibility index (Phi) is 7.25. The Labute approximate surface area is 157 Å². The summed E-state index contributed by atoms with van der Waals surface area (Å²) in [4.78, 5) is 23.7. The fraction of sp³-hybridized carbons (Fsp3) is 0.200. The van der Waals surface area contributed by atoms with Gasteiger partial charge in [-0.3, -0.25) is 4.79 Å². The zero-order chi connectivity index (χ0) is 19.6. The summed E-state index contributed by atoms with van der Waals surface area (Å²) in [5.74, 6) is 0.633. The average Bonchev–Trinajstić information content (AvgIpc) is 2.70. The van der Waals surface area contributed by atoms with Gasteiger partial charge in [-0.05, 0) is 23.8 Å². The van der Waals surface area contributed by atoms with Crippen LogP contribution in [0.3, 0.4) is 0 Å². The highest BCUT2D eigenvalue weighted by molar-refractivity contribution is 5.95. The number of amides is 1. The average molecular weight is 371 g/mol. The molecule has 0 aliphatic rings. The minimum atomic E-state index is -0.629. The molecule has 0 aliphatic carbocycles. The largest absolute Gasteiger partial charge is 0.497 e. The summed E-state index contributed by atoms with van der Waals surface area (Å²) in [6, 6.07) is 12.1. The lowest BCUT2D eigenvalue weighted by atomic mass is 10.2. The number of esters is 1. The van der Waals surface area contributed by atoms with Gasteiger partial charge in [0.1, 0.15) is 17.2 Å². The Morgan fingerprint density at radius 3 is 2.22 bits per heavy atom. The SMILES string of the molecule is COc1cccc(C=CC(=O)OCC(=O)Nc2cc(OC)cc(OC)c2)c1. The maximum atomic E-state index is 12.0. The zero-order valence-electron chi connectivity index (χ0n) is 15.4. The Morgan fingerprint density at radius 2 is 1.59 bits per heavy atom. The molecule has 0 radical (unpaired) electrons. The molecule has 0 saturated carbocycles. The van der Waals surface area contributed by atoms with Gasteiger partial charge in [0.2, 0.25) is 0 Å². The summed E-state index contributed by atoms with van der Waals surface area (Å²) in [6.45, 7) is -0.416. The molecule has 142 valence electrons. The van der Waals surface area contributed by atoms with E-state index in [0.29, 0.717) is 22.9 Å². The highest BCUT2D eigenvalue weighted by Crippen LogP contribution is 2.25. The molecule has 2 aromatic carbocycles. The maximum absolute atomic E-state index is 12.0. The number of hydrogen-bond donors (Lipinski definition) is 1. The van der Waals surface area contributed by atoms with Gasteiger partial charge in [-0.15, -0.1) is 0 Å². The summed E-state index contributed by atoms with van der Waals surface area (Å²) < 4.78 is 20.3. The first-order valence-electron chi connectivity index (χ1n) is 8.06. The summed E-state index contributed by atoms with van der Waals surface area (Å²) in [5, 5.41) is 2.62. The standard InChI is InChI=1S/C20H21NO6/c1-24-16-6-4-5-14(9-16)7-8-20(23)27-13-19(22)21-15-10-17(25-2)12-18(11-15)26-3/h4-12H,13H2,1-3H3,(H,21,22). The van der Waals surface area contributed by atoms with Crippen LogP contribution in [-0.4, -0.2) is 39.8 Å². The van der Waals surface area contributed by atoms with Crippen molar-refractivity contribution in [3.8, 4) is 17.2 Å². The van der Waals surface area contributed by atoms with Gasteiger partial charge in [0.05, 0.1) is 21.3 Å². The third-order valence-electron chi connectivity index (χ3n) is 3.49. The molecular weight excluding hydrogens is 350 g/mol. The van der Waals surface area contributed by atoms with Crippen LogP contribution in [0.2, 0.25) is 0 Å². The Balaban J connectivity index is 1.87. The van der Waals surface area contributed by atoms with E-state index in [0.717, 1.165) is 5.56 Å². The number of benzene rings is 2. The molecule has 7 nitrogen and oxygen atoms in total. The van der Waals surface area contributed by atoms with Crippen LogP contribution < -0.4 is 19.5 Å². The number of rotatable bonds is 8. The van der Waals surface area contributed by atoms with Crippen molar-refractivity contribution >= 4 is 23.6 Å². The summed E-state index contributed by atoms with van der Waals surface area (Å²) in [6.07, 6.45) is 2.83. The maximum Gasteiger partial charge on any atom is 0.331 e. The molecule has 0 unspecified atom stereocenters. The van der Waals surface area contributed by atoms with E-state index in [2.05, 4.69) is 5.32 Å². The third-order valence-corrected chi connectivity index (χ3v) is 3.49. The van der Waals surface area contributed by atoms with Crippen LogP contribution in [0.25, 0.3) is 6.08 Å². The second kappa shape index (κ2) is 9.86. The molecule has 0 bridgehead atoms. The highest BCUT2D eigenvalue weighted by atomic mass is 16.5. The first kappa shape index (κ1) is 19.8. The second-order valence-corrected chi connectivity index (χ2v) is 5.37. The van der Waals surface area contributed by atoms with Crippen LogP contribution >= 0.6 is 0 Å². The van der Waals surface area contributed by atoms with Gasteiger partial charge >= 0.3 is 5.97 Å². The van der Waals surface area contributed by atoms with Gasteiger partial charge in [0, 0.05) is 30.0 Å². The molecule has 0 fully saturated rings. The van der Waals surface area contributed by atoms with E-state index in [1.54, 1.807) is 49.6 Å². The molecule has 2 aromatic rings. The fourth-order valence-corrected chi connectivity index (χ4v) is 2.17. The molecule has 27 heavy (non-hydrogen) atoms. The van der Waals surface area contributed by atoms with E-state index in [-0.39, 0.29) is 0 Å². The second-order valence-electron chi connectivity index (χ2n) is 5.37. The van der Waals surface area contributed by atoms with Gasteiger partial charge in [-0.1, -0.05) is 12.1 Å². The predicted octanol–water partition coefficient (Wildman–Crippen LogP) is 2.91. The summed E-state index contributed by atoms with van der Waals surface area (Å²) in [5.41, 5.74) is 1.25. The number of ether oxygens (including phenoxy) is 4. The van der Waals surface area contributed by atoms with Crippen molar-refractivity contribution in [2.24, 2.45) is 0 Å². The van der Waals surface area contributed by atoms with E-state index in [9.17, 15) is 9.59 Å². The lowest BCUT2D eigenvalue weighted by Crippen LogP contribution is -2.20. The molecule has 1 amide bonds. The van der Waals surface area contributed by atoms with Crippen LogP contribution in [0.5, 0.6) is 17.2 Å². The molecule has 0 saturated heterocycles. The lowest BCUT2D eigenvalue weighted by molar-refractivity contribution is -0.142. The first-order chi connectivity index (χ1) is 13.0. The van der Waals surface area contributed by atoms with Crippen LogP contribution in [0.4, 0.5) is 5.69 Å². The van der Waals surface area contributed by atoms with E-state index >= 15 is 0 Å². The monoisotopic (exact) mass is 371 g/mol. The van der Waals surface area contributed by atoms with E-state index in [4.69, 9.17) is 18.9 Å². The molecule has 0 aliphatic heterocycles. The van der Waals surface area contributed by atoms with Crippen molar-refractivity contribution in [1.82, 2.24) is 0 Å². The predicted molar refractivity (Wildman–Crippen MR) is 101 cm³/mol. The van der Waals surface area contributed by atoms with Gasteiger partial charge in [-0.2, -0.15) is 0 Å². The quantitative estimate of drug-likeness (QED) is 0.567.